The predicted molar refractivity (Wildman–Crippen MR) is 100 cm³/mol. The van der Waals surface area contributed by atoms with Crippen LogP contribution in [-0.4, -0.2) is 58.5 Å². The van der Waals surface area contributed by atoms with E-state index in [1.807, 2.05) is 0 Å². The van der Waals surface area contributed by atoms with Crippen molar-refractivity contribution in [1.82, 2.24) is 0 Å². The van der Waals surface area contributed by atoms with Gasteiger partial charge >= 0.3 is 23.9 Å². The number of hydrogen-bond donors (Lipinski definition) is 2. The maximum absolute atomic E-state index is 10.5. The summed E-state index contributed by atoms with van der Waals surface area (Å²) in [5.41, 5.74) is -1.54. The largest absolute Gasteiger partial charge is 0.479 e. The summed E-state index contributed by atoms with van der Waals surface area (Å²) in [5.74, 6) is -1.99. The van der Waals surface area contributed by atoms with Crippen LogP contribution in [0.1, 0.15) is 73.6 Å². The summed E-state index contributed by atoms with van der Waals surface area (Å²) in [5, 5.41) is 17.0. The summed E-state index contributed by atoms with van der Waals surface area (Å²) >= 11 is 0. The third-order valence-corrected chi connectivity index (χ3v) is 3.74. The molecule has 0 saturated heterocycles. The van der Waals surface area contributed by atoms with Crippen LogP contribution in [0.15, 0.2) is 0 Å². The lowest BCUT2D eigenvalue weighted by Gasteiger charge is -2.34. The fraction of sp³-hybridized carbons (Fsp3) is 0.789. The first-order valence-electron chi connectivity index (χ1n) is 9.30. The summed E-state index contributed by atoms with van der Waals surface area (Å²) in [6.45, 7) is 9.65. The first-order valence-corrected chi connectivity index (χ1v) is 9.30. The van der Waals surface area contributed by atoms with Gasteiger partial charge < -0.3 is 24.4 Å². The van der Waals surface area contributed by atoms with E-state index in [0.29, 0.717) is 6.61 Å². The highest BCUT2D eigenvalue weighted by atomic mass is 16.6. The predicted octanol–water partition coefficient (Wildman–Crippen LogP) is 2.23. The van der Waals surface area contributed by atoms with Crippen LogP contribution < -0.4 is 0 Å². The second-order valence-electron chi connectivity index (χ2n) is 6.50. The van der Waals surface area contributed by atoms with Crippen molar-refractivity contribution in [3.05, 3.63) is 0 Å². The molecular formula is C19H34O9. The van der Waals surface area contributed by atoms with Gasteiger partial charge in [-0.3, -0.25) is 14.4 Å². The van der Waals surface area contributed by atoms with E-state index in [0.717, 1.165) is 25.7 Å². The molecule has 0 aliphatic heterocycles. The standard InChI is InChI=1S/C8H12O4.C6H12O2.C5H10O3/c1-5(9)11-7-3-4-8(7)12-6(2)10;1-3-4-5-8-6(2)7;1-3-5(2,8)4(6)7/h7-8H,3-4H2,1-2H3;3-5H2,1-2H3;8H,3H2,1-2H3,(H,6,7). The Morgan fingerprint density at radius 3 is 1.54 bits per heavy atom. The Morgan fingerprint density at radius 2 is 1.36 bits per heavy atom. The summed E-state index contributed by atoms with van der Waals surface area (Å²) in [6.07, 6.45) is 3.43. The fourth-order valence-corrected chi connectivity index (χ4v) is 1.65. The molecule has 0 spiro atoms. The highest BCUT2D eigenvalue weighted by molar-refractivity contribution is 5.76. The molecule has 1 rings (SSSR count). The molecule has 0 aromatic carbocycles. The molecule has 0 aromatic rings. The van der Waals surface area contributed by atoms with Crippen LogP contribution in [0, 0.1) is 0 Å². The third-order valence-electron chi connectivity index (χ3n) is 3.74. The van der Waals surface area contributed by atoms with Gasteiger partial charge in [-0.2, -0.15) is 0 Å². The molecule has 1 saturated carbocycles. The van der Waals surface area contributed by atoms with Crippen molar-refractivity contribution >= 4 is 23.9 Å². The Balaban J connectivity index is 0. The Bertz CT molecular complexity index is 478. The minimum Gasteiger partial charge on any atom is -0.479 e. The summed E-state index contributed by atoms with van der Waals surface area (Å²) < 4.78 is 14.4. The molecule has 1 aliphatic carbocycles. The number of carboxylic acids is 1. The minimum atomic E-state index is -1.54. The number of ether oxygens (including phenoxy) is 3. The van der Waals surface area contributed by atoms with E-state index in [9.17, 15) is 19.2 Å². The normalized spacial score (nSPS) is 19.1. The number of rotatable bonds is 7. The van der Waals surface area contributed by atoms with Gasteiger partial charge in [0.25, 0.3) is 0 Å². The summed E-state index contributed by atoms with van der Waals surface area (Å²) in [7, 11) is 0. The summed E-state index contributed by atoms with van der Waals surface area (Å²) in [6, 6.07) is 0. The smallest absolute Gasteiger partial charge is 0.335 e. The first-order chi connectivity index (χ1) is 12.9. The molecule has 0 aromatic heterocycles. The number of aliphatic carboxylic acids is 1. The topological polar surface area (TPSA) is 136 Å². The van der Waals surface area contributed by atoms with Gasteiger partial charge in [0.15, 0.2) is 5.60 Å². The van der Waals surface area contributed by atoms with Crippen LogP contribution in [-0.2, 0) is 33.4 Å². The van der Waals surface area contributed by atoms with Gasteiger partial charge in [0.05, 0.1) is 6.61 Å². The minimum absolute atomic E-state index is 0.182. The Kier molecular flexibility index (Phi) is 14.9. The van der Waals surface area contributed by atoms with Crippen LogP contribution in [0.3, 0.4) is 0 Å². The number of carbonyl (C=O) groups is 4. The lowest BCUT2D eigenvalue weighted by molar-refractivity contribution is -0.178. The quantitative estimate of drug-likeness (QED) is 0.370. The van der Waals surface area contributed by atoms with Crippen LogP contribution >= 0.6 is 0 Å². The van der Waals surface area contributed by atoms with Gasteiger partial charge in [-0.1, -0.05) is 20.3 Å². The summed E-state index contributed by atoms with van der Waals surface area (Å²) in [4.78, 5) is 41.1. The molecule has 1 fully saturated rings. The molecule has 28 heavy (non-hydrogen) atoms. The number of hydrogen-bond acceptors (Lipinski definition) is 8. The Morgan fingerprint density at radius 1 is 0.929 bits per heavy atom. The zero-order valence-electron chi connectivity index (χ0n) is 17.6. The van der Waals surface area contributed by atoms with Gasteiger partial charge in [0, 0.05) is 20.8 Å². The van der Waals surface area contributed by atoms with Crippen molar-refractivity contribution in [3.8, 4) is 0 Å². The van der Waals surface area contributed by atoms with Crippen molar-refractivity contribution in [1.29, 1.82) is 0 Å². The Labute approximate surface area is 166 Å². The van der Waals surface area contributed by atoms with E-state index < -0.39 is 11.6 Å². The molecule has 0 heterocycles. The van der Waals surface area contributed by atoms with Gasteiger partial charge in [0.1, 0.15) is 12.2 Å². The van der Waals surface area contributed by atoms with E-state index in [1.54, 1.807) is 6.92 Å². The van der Waals surface area contributed by atoms with E-state index in [-0.39, 0.29) is 36.5 Å². The fourth-order valence-electron chi connectivity index (χ4n) is 1.65. The van der Waals surface area contributed by atoms with Crippen molar-refractivity contribution in [2.24, 2.45) is 0 Å². The molecule has 0 bridgehead atoms. The zero-order chi connectivity index (χ0) is 22.3. The van der Waals surface area contributed by atoms with Crippen LogP contribution in [0.4, 0.5) is 0 Å². The van der Waals surface area contributed by atoms with Crippen molar-refractivity contribution in [2.75, 3.05) is 6.61 Å². The second kappa shape index (κ2) is 14.8. The molecule has 1 aliphatic rings. The van der Waals surface area contributed by atoms with E-state index in [4.69, 9.17) is 19.7 Å². The molecule has 0 amide bonds. The molecule has 3 atom stereocenters. The molecule has 0 radical (unpaired) electrons. The van der Waals surface area contributed by atoms with Crippen molar-refractivity contribution in [2.45, 2.75) is 91.5 Å². The molecule has 9 heteroatoms. The number of esters is 3. The first kappa shape index (κ1) is 28.1. The number of carbonyl (C=O) groups excluding carboxylic acids is 3. The monoisotopic (exact) mass is 406 g/mol. The average molecular weight is 406 g/mol. The maximum atomic E-state index is 10.5. The molecular weight excluding hydrogens is 372 g/mol. The molecule has 164 valence electrons. The zero-order valence-corrected chi connectivity index (χ0v) is 17.6. The molecule has 3 unspecified atom stereocenters. The molecule has 2 N–H and O–H groups in total. The third kappa shape index (κ3) is 15.0. The van der Waals surface area contributed by atoms with Crippen molar-refractivity contribution in [3.63, 3.8) is 0 Å². The number of unbranched alkanes of at least 4 members (excludes halogenated alkanes) is 1. The number of aliphatic hydroxyl groups is 1. The highest BCUT2D eigenvalue weighted by Gasteiger charge is 2.36. The van der Waals surface area contributed by atoms with Gasteiger partial charge in [-0.15, -0.1) is 0 Å². The van der Waals surface area contributed by atoms with Gasteiger partial charge in [0.2, 0.25) is 0 Å². The van der Waals surface area contributed by atoms with Gasteiger partial charge in [-0.25, -0.2) is 4.79 Å². The highest BCUT2D eigenvalue weighted by Crippen LogP contribution is 2.26. The van der Waals surface area contributed by atoms with Crippen LogP contribution in [0.5, 0.6) is 0 Å². The Hall–Kier alpha value is -2.16. The SMILES string of the molecule is CC(=O)OC1CCC1OC(C)=O.CCC(C)(O)C(=O)O.CCCCOC(C)=O. The van der Waals surface area contributed by atoms with Crippen LogP contribution in [0.25, 0.3) is 0 Å². The van der Waals surface area contributed by atoms with E-state index >= 15 is 0 Å². The lowest BCUT2D eigenvalue weighted by atomic mass is 9.92. The van der Waals surface area contributed by atoms with Crippen LogP contribution in [0.2, 0.25) is 0 Å². The van der Waals surface area contributed by atoms with E-state index in [1.165, 1.54) is 27.7 Å². The lowest BCUT2D eigenvalue weighted by Crippen LogP contribution is -2.43. The second-order valence-corrected chi connectivity index (χ2v) is 6.50. The average Bonchev–Trinajstić information content (AvgIpc) is 2.57. The number of carboxylic acid groups (broad SMARTS) is 1. The van der Waals surface area contributed by atoms with Gasteiger partial charge in [-0.05, 0) is 32.6 Å². The molecule has 9 nitrogen and oxygen atoms in total. The maximum Gasteiger partial charge on any atom is 0.335 e. The van der Waals surface area contributed by atoms with Crippen molar-refractivity contribution < 1.29 is 43.6 Å². The van der Waals surface area contributed by atoms with E-state index in [2.05, 4.69) is 11.7 Å².